The normalized spacial score (nSPS) is 16.1. The van der Waals surface area contributed by atoms with Gasteiger partial charge in [-0.15, -0.1) is 10.2 Å². The summed E-state index contributed by atoms with van der Waals surface area (Å²) >= 11 is 0. The Hall–Kier alpha value is -3.41. The molecule has 31 heavy (non-hydrogen) atoms. The predicted octanol–water partition coefficient (Wildman–Crippen LogP) is 4.71. The van der Waals surface area contributed by atoms with Crippen molar-refractivity contribution in [3.63, 3.8) is 0 Å². The van der Waals surface area contributed by atoms with Gasteiger partial charge in [0, 0.05) is 24.3 Å². The number of aromatic nitrogens is 2. The highest BCUT2D eigenvalue weighted by Gasteiger charge is 2.27. The van der Waals surface area contributed by atoms with Crippen molar-refractivity contribution in [1.29, 1.82) is 0 Å². The third-order valence-electron chi connectivity index (χ3n) is 5.51. The number of benzene rings is 2. The third kappa shape index (κ3) is 5.20. The monoisotopic (exact) mass is 416 g/mol. The molecule has 4 rings (SSSR count). The number of carbonyl (C=O) groups excluding carboxylic acids is 1. The third-order valence-corrected chi connectivity index (χ3v) is 5.51. The maximum absolute atomic E-state index is 12.8. The fourth-order valence-corrected chi connectivity index (χ4v) is 3.90. The molecule has 1 aromatic heterocycles. The van der Waals surface area contributed by atoms with E-state index in [1.165, 1.54) is 5.56 Å². The standard InChI is InChI=1S/C25H28N4O2/c1-3-31-22-11-9-21(10-12-22)26-25(30)20-8-5-15-29(17-20)24-14-13-23(27-28-24)19-7-4-6-18(2)16-19/h4,6-7,9-14,16,20H,3,5,8,15,17H2,1-2H3,(H,26,30)/t20-/m1/s1. The second-order valence-corrected chi connectivity index (χ2v) is 7.88. The van der Waals surface area contributed by atoms with Gasteiger partial charge in [0.05, 0.1) is 18.2 Å². The van der Waals surface area contributed by atoms with Crippen LogP contribution in [0.3, 0.4) is 0 Å². The SMILES string of the molecule is CCOc1ccc(NC(=O)[C@@H]2CCCN(c3ccc(-c4cccc(C)c4)nn3)C2)cc1. The highest BCUT2D eigenvalue weighted by Crippen LogP contribution is 2.25. The summed E-state index contributed by atoms with van der Waals surface area (Å²) in [6, 6.07) is 19.7. The molecule has 0 unspecified atom stereocenters. The second kappa shape index (κ2) is 9.60. The zero-order valence-corrected chi connectivity index (χ0v) is 18.0. The quantitative estimate of drug-likeness (QED) is 0.631. The lowest BCUT2D eigenvalue weighted by Gasteiger charge is -2.32. The van der Waals surface area contributed by atoms with Gasteiger partial charge in [-0.3, -0.25) is 4.79 Å². The zero-order chi connectivity index (χ0) is 21.6. The van der Waals surface area contributed by atoms with Crippen molar-refractivity contribution >= 4 is 17.4 Å². The first kappa shape index (κ1) is 20.8. The van der Waals surface area contributed by atoms with Gasteiger partial charge in [-0.2, -0.15) is 0 Å². The van der Waals surface area contributed by atoms with Crippen LogP contribution in [0.5, 0.6) is 5.75 Å². The zero-order valence-electron chi connectivity index (χ0n) is 18.0. The van der Waals surface area contributed by atoms with E-state index in [0.29, 0.717) is 13.2 Å². The molecule has 2 heterocycles. The number of hydrogen-bond acceptors (Lipinski definition) is 5. The van der Waals surface area contributed by atoms with Crippen molar-refractivity contribution < 1.29 is 9.53 Å². The van der Waals surface area contributed by atoms with Crippen LogP contribution in [0.1, 0.15) is 25.3 Å². The van der Waals surface area contributed by atoms with Crippen molar-refractivity contribution in [2.24, 2.45) is 5.92 Å². The molecule has 1 aliphatic heterocycles. The summed E-state index contributed by atoms with van der Waals surface area (Å²) in [6.45, 7) is 6.16. The van der Waals surface area contributed by atoms with E-state index < -0.39 is 0 Å². The molecule has 3 aromatic rings. The van der Waals surface area contributed by atoms with Gasteiger partial charge in [-0.1, -0.05) is 23.8 Å². The Bertz CT molecular complexity index is 1020. The molecule has 1 saturated heterocycles. The first-order chi connectivity index (χ1) is 15.1. The van der Waals surface area contributed by atoms with Crippen LogP contribution in [0.4, 0.5) is 11.5 Å². The molecule has 160 valence electrons. The molecule has 0 spiro atoms. The number of ether oxygens (including phenoxy) is 1. The Morgan fingerprint density at radius 2 is 1.97 bits per heavy atom. The molecule has 1 aliphatic rings. The van der Waals surface area contributed by atoms with Crippen molar-refractivity contribution in [3.05, 3.63) is 66.2 Å². The number of hydrogen-bond donors (Lipinski definition) is 1. The largest absolute Gasteiger partial charge is 0.494 e. The average Bonchev–Trinajstić information content (AvgIpc) is 2.81. The predicted molar refractivity (Wildman–Crippen MR) is 123 cm³/mol. The van der Waals surface area contributed by atoms with E-state index in [0.717, 1.165) is 47.9 Å². The summed E-state index contributed by atoms with van der Waals surface area (Å²) in [5, 5.41) is 11.9. The number of anilines is 2. The number of aryl methyl sites for hydroxylation is 1. The minimum Gasteiger partial charge on any atom is -0.494 e. The van der Waals surface area contributed by atoms with Gasteiger partial charge in [0.25, 0.3) is 0 Å². The Morgan fingerprint density at radius 3 is 2.68 bits per heavy atom. The number of nitrogens with zero attached hydrogens (tertiary/aromatic N) is 3. The fraction of sp³-hybridized carbons (Fsp3) is 0.320. The second-order valence-electron chi connectivity index (χ2n) is 7.88. The van der Waals surface area contributed by atoms with Crippen LogP contribution in [0.15, 0.2) is 60.7 Å². The number of nitrogens with one attached hydrogen (secondary N) is 1. The minimum absolute atomic E-state index is 0.0400. The number of carbonyl (C=O) groups is 1. The molecule has 1 atom stereocenters. The van der Waals surface area contributed by atoms with Crippen LogP contribution >= 0.6 is 0 Å². The molecular weight excluding hydrogens is 388 g/mol. The molecule has 1 fully saturated rings. The Kier molecular flexibility index (Phi) is 6.46. The molecule has 0 aliphatic carbocycles. The topological polar surface area (TPSA) is 67.3 Å². The van der Waals surface area contributed by atoms with Crippen molar-refractivity contribution in [2.75, 3.05) is 29.9 Å². The fourth-order valence-electron chi connectivity index (χ4n) is 3.90. The first-order valence-electron chi connectivity index (χ1n) is 10.8. The number of amides is 1. The Labute approximate surface area is 183 Å². The summed E-state index contributed by atoms with van der Waals surface area (Å²) in [4.78, 5) is 15.0. The lowest BCUT2D eigenvalue weighted by molar-refractivity contribution is -0.120. The summed E-state index contributed by atoms with van der Waals surface area (Å²) in [5.41, 5.74) is 3.90. The molecule has 0 bridgehead atoms. The summed E-state index contributed by atoms with van der Waals surface area (Å²) in [7, 11) is 0. The van der Waals surface area contributed by atoms with Gasteiger partial charge >= 0.3 is 0 Å². The lowest BCUT2D eigenvalue weighted by atomic mass is 9.97. The number of rotatable bonds is 6. The summed E-state index contributed by atoms with van der Waals surface area (Å²) in [5.74, 6) is 1.57. The van der Waals surface area contributed by atoms with Crippen LogP contribution in [0.2, 0.25) is 0 Å². The van der Waals surface area contributed by atoms with Crippen LogP contribution < -0.4 is 15.0 Å². The Balaban J connectivity index is 1.39. The van der Waals surface area contributed by atoms with Gasteiger partial charge in [0.15, 0.2) is 5.82 Å². The summed E-state index contributed by atoms with van der Waals surface area (Å²) in [6.07, 6.45) is 1.82. The van der Waals surface area contributed by atoms with Crippen LogP contribution in [0.25, 0.3) is 11.3 Å². The van der Waals surface area contributed by atoms with Gasteiger partial charge in [0.2, 0.25) is 5.91 Å². The molecule has 2 aromatic carbocycles. The minimum atomic E-state index is -0.0847. The van der Waals surface area contributed by atoms with E-state index in [4.69, 9.17) is 4.74 Å². The molecule has 6 heteroatoms. The van der Waals surface area contributed by atoms with Crippen molar-refractivity contribution in [2.45, 2.75) is 26.7 Å². The molecule has 0 radical (unpaired) electrons. The highest BCUT2D eigenvalue weighted by molar-refractivity contribution is 5.93. The van der Waals surface area contributed by atoms with Crippen molar-refractivity contribution in [3.8, 4) is 17.0 Å². The van der Waals surface area contributed by atoms with E-state index in [2.05, 4.69) is 39.5 Å². The van der Waals surface area contributed by atoms with Crippen LogP contribution in [0, 0.1) is 12.8 Å². The maximum atomic E-state index is 12.8. The van der Waals surface area contributed by atoms with E-state index in [-0.39, 0.29) is 11.8 Å². The average molecular weight is 417 g/mol. The van der Waals surface area contributed by atoms with Gasteiger partial charge in [-0.05, 0) is 69.2 Å². The highest BCUT2D eigenvalue weighted by atomic mass is 16.5. The smallest absolute Gasteiger partial charge is 0.229 e. The van der Waals surface area contributed by atoms with Crippen molar-refractivity contribution in [1.82, 2.24) is 10.2 Å². The van der Waals surface area contributed by atoms with E-state index in [1.54, 1.807) is 0 Å². The Morgan fingerprint density at radius 1 is 1.13 bits per heavy atom. The lowest BCUT2D eigenvalue weighted by Crippen LogP contribution is -2.41. The molecule has 6 nitrogen and oxygen atoms in total. The number of piperidine rings is 1. The maximum Gasteiger partial charge on any atom is 0.229 e. The van der Waals surface area contributed by atoms with Gasteiger partial charge in [0.1, 0.15) is 5.75 Å². The van der Waals surface area contributed by atoms with E-state index >= 15 is 0 Å². The van der Waals surface area contributed by atoms with Crippen LogP contribution in [-0.2, 0) is 4.79 Å². The first-order valence-corrected chi connectivity index (χ1v) is 10.8. The summed E-state index contributed by atoms with van der Waals surface area (Å²) < 4.78 is 5.46. The van der Waals surface area contributed by atoms with E-state index in [1.807, 2.05) is 55.5 Å². The molecule has 0 saturated carbocycles. The molecular formula is C25H28N4O2. The van der Waals surface area contributed by atoms with Gasteiger partial charge < -0.3 is 15.0 Å². The van der Waals surface area contributed by atoms with Gasteiger partial charge in [-0.25, -0.2) is 0 Å². The van der Waals surface area contributed by atoms with E-state index in [9.17, 15) is 4.79 Å². The van der Waals surface area contributed by atoms with Crippen LogP contribution in [-0.4, -0.2) is 35.8 Å². The molecule has 1 amide bonds. The molecule has 1 N–H and O–H groups in total.